The Hall–Kier alpha value is -2.03. The molecule has 1 unspecified atom stereocenters. The summed E-state index contributed by atoms with van der Waals surface area (Å²) in [6.07, 6.45) is 1.13. The Morgan fingerprint density at radius 3 is 2.61 bits per heavy atom. The zero-order valence-electron chi connectivity index (χ0n) is 12.1. The molecule has 2 aromatic carbocycles. The van der Waals surface area contributed by atoms with Gasteiger partial charge >= 0.3 is 0 Å². The first-order valence-electron chi connectivity index (χ1n) is 6.66. The highest BCUT2D eigenvalue weighted by atomic mass is 32.2. The van der Waals surface area contributed by atoms with E-state index in [4.69, 9.17) is 5.73 Å². The number of fused-ring (bicyclic) bond motifs is 1. The van der Waals surface area contributed by atoms with Crippen molar-refractivity contribution in [3.05, 3.63) is 53.6 Å². The molecule has 0 aromatic heterocycles. The second-order valence-electron chi connectivity index (χ2n) is 5.17. The van der Waals surface area contributed by atoms with E-state index in [-0.39, 0.29) is 4.90 Å². The summed E-state index contributed by atoms with van der Waals surface area (Å²) in [5.74, 6) is -0.558. The molecule has 8 heteroatoms. The van der Waals surface area contributed by atoms with Crippen LogP contribution in [0.15, 0.2) is 52.3 Å². The molecule has 0 saturated carbocycles. The third-order valence-electron chi connectivity index (χ3n) is 3.54. The maximum atomic E-state index is 12.0. The lowest BCUT2D eigenvalue weighted by atomic mass is 10.2. The molecule has 0 bridgehead atoms. The van der Waals surface area contributed by atoms with Crippen LogP contribution in [0.1, 0.15) is 21.3 Å². The molecule has 0 saturated heterocycles. The van der Waals surface area contributed by atoms with Gasteiger partial charge in [-0.2, -0.15) is 0 Å². The van der Waals surface area contributed by atoms with Gasteiger partial charge in [0.25, 0.3) is 0 Å². The predicted octanol–water partition coefficient (Wildman–Crippen LogP) is 2.19. The summed E-state index contributed by atoms with van der Waals surface area (Å²) in [7, 11) is -3.43. The van der Waals surface area contributed by atoms with E-state index in [9.17, 15) is 18.4 Å². The molecule has 3 rings (SSSR count). The molecule has 1 aliphatic rings. The highest BCUT2D eigenvalue weighted by Crippen LogP contribution is 2.51. The molecule has 1 amide bonds. The fourth-order valence-corrected chi connectivity index (χ4v) is 4.74. The third-order valence-corrected chi connectivity index (χ3v) is 5.96. The van der Waals surface area contributed by atoms with Crippen LogP contribution >= 0.6 is 11.8 Å². The topological polar surface area (TPSA) is 101 Å². The van der Waals surface area contributed by atoms with Crippen molar-refractivity contribution in [1.82, 2.24) is 0 Å². The van der Waals surface area contributed by atoms with E-state index in [0.717, 1.165) is 11.3 Å². The zero-order chi connectivity index (χ0) is 16.8. The van der Waals surface area contributed by atoms with Gasteiger partial charge in [-0.3, -0.25) is 10.0 Å². The van der Waals surface area contributed by atoms with Crippen molar-refractivity contribution in [2.24, 2.45) is 5.73 Å². The summed E-state index contributed by atoms with van der Waals surface area (Å²) in [5.41, 5.74) is 6.59. The Bertz CT molecular complexity index is 896. The molecule has 2 aromatic rings. The van der Waals surface area contributed by atoms with Crippen LogP contribution in [0.25, 0.3) is 0 Å². The van der Waals surface area contributed by atoms with Crippen molar-refractivity contribution in [3.63, 3.8) is 0 Å². The standard InChI is InChI=1S/C15H14N2O4S2/c1-23(20,21)13-5-3-2-4-10(13)15-17(19)11-7-6-9(14(16)18)8-12(11)22-15/h2-8,15,19H,1H3,(H2,16,18). The van der Waals surface area contributed by atoms with Crippen molar-refractivity contribution < 1.29 is 18.4 Å². The van der Waals surface area contributed by atoms with E-state index < -0.39 is 21.1 Å². The quantitative estimate of drug-likeness (QED) is 0.880. The molecular weight excluding hydrogens is 336 g/mol. The first-order valence-corrected chi connectivity index (χ1v) is 9.44. The Labute approximate surface area is 137 Å². The van der Waals surface area contributed by atoms with E-state index in [0.29, 0.717) is 21.7 Å². The van der Waals surface area contributed by atoms with Gasteiger partial charge in [0, 0.05) is 22.3 Å². The summed E-state index contributed by atoms with van der Waals surface area (Å²) >= 11 is 1.26. The van der Waals surface area contributed by atoms with Crippen LogP contribution in [0.5, 0.6) is 0 Å². The molecule has 0 aliphatic carbocycles. The number of nitrogens with zero attached hydrogens (tertiary/aromatic N) is 1. The van der Waals surface area contributed by atoms with Crippen molar-refractivity contribution in [1.29, 1.82) is 0 Å². The summed E-state index contributed by atoms with van der Waals surface area (Å²) in [6.45, 7) is 0. The molecule has 120 valence electrons. The van der Waals surface area contributed by atoms with Gasteiger partial charge in [-0.1, -0.05) is 30.0 Å². The number of sulfone groups is 1. The van der Waals surface area contributed by atoms with Gasteiger partial charge < -0.3 is 5.73 Å². The van der Waals surface area contributed by atoms with E-state index in [1.807, 2.05) is 0 Å². The number of hydrogen-bond acceptors (Lipinski definition) is 6. The number of primary amides is 1. The van der Waals surface area contributed by atoms with Gasteiger partial charge in [-0.25, -0.2) is 13.5 Å². The minimum atomic E-state index is -3.43. The van der Waals surface area contributed by atoms with E-state index in [1.165, 1.54) is 23.9 Å². The van der Waals surface area contributed by atoms with Gasteiger partial charge in [-0.05, 0) is 24.3 Å². The molecule has 6 nitrogen and oxygen atoms in total. The molecule has 1 aliphatic heterocycles. The summed E-state index contributed by atoms with van der Waals surface area (Å²) in [4.78, 5) is 12.1. The van der Waals surface area contributed by atoms with Gasteiger partial charge in [0.15, 0.2) is 9.84 Å². The van der Waals surface area contributed by atoms with Crippen LogP contribution in [0.3, 0.4) is 0 Å². The lowest BCUT2D eigenvalue weighted by Gasteiger charge is -2.21. The number of hydroxylamine groups is 1. The molecular formula is C15H14N2O4S2. The van der Waals surface area contributed by atoms with E-state index in [2.05, 4.69) is 0 Å². The van der Waals surface area contributed by atoms with Crippen molar-refractivity contribution >= 4 is 33.2 Å². The molecule has 3 N–H and O–H groups in total. The largest absolute Gasteiger partial charge is 0.366 e. The van der Waals surface area contributed by atoms with Crippen LogP contribution < -0.4 is 10.8 Å². The predicted molar refractivity (Wildman–Crippen MR) is 87.4 cm³/mol. The lowest BCUT2D eigenvalue weighted by molar-refractivity contribution is 0.1000. The number of rotatable bonds is 3. The first kappa shape index (κ1) is 15.9. The molecule has 1 atom stereocenters. The Morgan fingerprint density at radius 2 is 1.96 bits per heavy atom. The maximum Gasteiger partial charge on any atom is 0.248 e. The summed E-state index contributed by atoms with van der Waals surface area (Å²) < 4.78 is 23.9. The summed E-state index contributed by atoms with van der Waals surface area (Å²) in [6, 6.07) is 11.2. The number of carbonyl (C=O) groups excluding carboxylic acids is 1. The van der Waals surface area contributed by atoms with Gasteiger partial charge in [0.05, 0.1) is 10.6 Å². The monoisotopic (exact) mass is 350 g/mol. The van der Waals surface area contributed by atoms with Crippen molar-refractivity contribution in [3.8, 4) is 0 Å². The van der Waals surface area contributed by atoms with Crippen LogP contribution in [-0.2, 0) is 9.84 Å². The average molecular weight is 350 g/mol. The SMILES string of the molecule is CS(=O)(=O)c1ccccc1C1Sc2cc(C(N)=O)ccc2N1O. The molecule has 0 radical (unpaired) electrons. The second kappa shape index (κ2) is 5.55. The number of carbonyl (C=O) groups is 1. The number of anilines is 1. The van der Waals surface area contributed by atoms with E-state index in [1.54, 1.807) is 30.3 Å². The highest BCUT2D eigenvalue weighted by molar-refractivity contribution is 8.00. The Balaban J connectivity index is 2.06. The van der Waals surface area contributed by atoms with Crippen LogP contribution in [0.4, 0.5) is 5.69 Å². The van der Waals surface area contributed by atoms with Gasteiger partial charge in [0.1, 0.15) is 5.37 Å². The Kier molecular flexibility index (Phi) is 3.83. The zero-order valence-corrected chi connectivity index (χ0v) is 13.8. The summed E-state index contributed by atoms with van der Waals surface area (Å²) in [5, 5.41) is 10.8. The van der Waals surface area contributed by atoms with Gasteiger partial charge in [-0.15, -0.1) is 0 Å². The number of thioether (sulfide) groups is 1. The van der Waals surface area contributed by atoms with Gasteiger partial charge in [0.2, 0.25) is 5.91 Å². The smallest absolute Gasteiger partial charge is 0.248 e. The normalized spacial score (nSPS) is 17.1. The minimum Gasteiger partial charge on any atom is -0.366 e. The first-order chi connectivity index (χ1) is 10.8. The molecule has 0 fully saturated rings. The van der Waals surface area contributed by atoms with Crippen LogP contribution in [-0.4, -0.2) is 25.8 Å². The van der Waals surface area contributed by atoms with Crippen LogP contribution in [0, 0.1) is 0 Å². The lowest BCUT2D eigenvalue weighted by Crippen LogP contribution is -2.20. The minimum absolute atomic E-state index is 0.166. The van der Waals surface area contributed by atoms with Crippen molar-refractivity contribution in [2.45, 2.75) is 15.2 Å². The maximum absolute atomic E-state index is 12.0. The number of benzene rings is 2. The van der Waals surface area contributed by atoms with E-state index >= 15 is 0 Å². The molecule has 23 heavy (non-hydrogen) atoms. The number of nitrogens with two attached hydrogens (primary N) is 1. The van der Waals surface area contributed by atoms with Crippen LogP contribution in [0.2, 0.25) is 0 Å². The Morgan fingerprint density at radius 1 is 1.26 bits per heavy atom. The average Bonchev–Trinajstić information content (AvgIpc) is 2.83. The molecule has 0 spiro atoms. The number of amides is 1. The molecule has 1 heterocycles. The highest BCUT2D eigenvalue weighted by Gasteiger charge is 2.34. The fraction of sp³-hybridized carbons (Fsp3) is 0.133. The third kappa shape index (κ3) is 2.80. The second-order valence-corrected chi connectivity index (χ2v) is 8.28. The number of hydrogen-bond donors (Lipinski definition) is 2. The fourth-order valence-electron chi connectivity index (χ4n) is 2.47. The van der Waals surface area contributed by atoms with Crippen molar-refractivity contribution in [2.75, 3.05) is 11.3 Å².